The number of aromatic nitrogens is 2. The Labute approximate surface area is 204 Å². The van der Waals surface area contributed by atoms with E-state index in [1.807, 2.05) is 0 Å². The maximum absolute atomic E-state index is 13.3. The summed E-state index contributed by atoms with van der Waals surface area (Å²) in [6.07, 6.45) is 1.62. The van der Waals surface area contributed by atoms with Gasteiger partial charge in [0.05, 0.1) is 11.6 Å². The number of aliphatic hydroxyl groups is 1. The number of nitrogens with zero attached hydrogens (tertiary/aromatic N) is 3. The Kier molecular flexibility index (Phi) is 5.96. The van der Waals surface area contributed by atoms with Crippen LogP contribution in [0.4, 0.5) is 5.13 Å². The van der Waals surface area contributed by atoms with E-state index in [2.05, 4.69) is 16.8 Å². The number of benzene rings is 2. The molecule has 1 fully saturated rings. The number of hydrogen-bond acceptors (Lipinski definition) is 9. The predicted molar refractivity (Wildman–Crippen MR) is 129 cm³/mol. The second kappa shape index (κ2) is 9.22. The molecule has 1 saturated heterocycles. The van der Waals surface area contributed by atoms with E-state index in [-0.39, 0.29) is 23.1 Å². The van der Waals surface area contributed by atoms with Crippen molar-refractivity contribution in [3.8, 4) is 17.2 Å². The van der Waals surface area contributed by atoms with Gasteiger partial charge in [0.15, 0.2) is 11.5 Å². The van der Waals surface area contributed by atoms with Crippen LogP contribution in [0.25, 0.3) is 5.76 Å². The lowest BCUT2D eigenvalue weighted by Crippen LogP contribution is -2.29. The Balaban J connectivity index is 1.67. The van der Waals surface area contributed by atoms with Crippen LogP contribution in [0.1, 0.15) is 22.2 Å². The molecule has 10 heteroatoms. The summed E-state index contributed by atoms with van der Waals surface area (Å²) in [5.41, 5.74) is 0.822. The van der Waals surface area contributed by atoms with Gasteiger partial charge in [-0.1, -0.05) is 36.1 Å². The molecule has 0 radical (unpaired) electrons. The molecule has 178 valence electrons. The molecule has 3 heterocycles. The van der Waals surface area contributed by atoms with Gasteiger partial charge >= 0.3 is 5.91 Å². The maximum atomic E-state index is 13.3. The molecule has 2 aliphatic heterocycles. The van der Waals surface area contributed by atoms with Crippen molar-refractivity contribution >= 4 is 33.9 Å². The fourth-order valence-corrected chi connectivity index (χ4v) is 4.72. The van der Waals surface area contributed by atoms with Gasteiger partial charge in [-0.15, -0.1) is 10.2 Å². The number of aryl methyl sites for hydroxylation is 1. The fraction of sp³-hybridized carbons (Fsp3) is 0.200. The van der Waals surface area contributed by atoms with Gasteiger partial charge in [0.25, 0.3) is 5.78 Å². The summed E-state index contributed by atoms with van der Waals surface area (Å²) >= 11 is 1.18. The first kappa shape index (κ1) is 22.6. The molecule has 0 aliphatic carbocycles. The fourth-order valence-electron chi connectivity index (χ4n) is 4.00. The number of ketones is 1. The molecular formula is C25H21N3O6S. The van der Waals surface area contributed by atoms with Crippen LogP contribution in [0, 0.1) is 6.92 Å². The zero-order valence-corrected chi connectivity index (χ0v) is 19.6. The van der Waals surface area contributed by atoms with Crippen LogP contribution in [-0.2, 0) is 9.59 Å². The third-order valence-corrected chi connectivity index (χ3v) is 6.36. The summed E-state index contributed by atoms with van der Waals surface area (Å²) in [4.78, 5) is 27.8. The van der Waals surface area contributed by atoms with E-state index in [9.17, 15) is 14.7 Å². The molecule has 2 aromatic carbocycles. The van der Waals surface area contributed by atoms with Crippen molar-refractivity contribution in [3.05, 3.63) is 76.8 Å². The van der Waals surface area contributed by atoms with Crippen LogP contribution in [0.2, 0.25) is 0 Å². The van der Waals surface area contributed by atoms with E-state index in [0.717, 1.165) is 0 Å². The van der Waals surface area contributed by atoms with Gasteiger partial charge < -0.3 is 19.3 Å². The number of rotatable bonds is 6. The highest BCUT2D eigenvalue weighted by Crippen LogP contribution is 2.44. The van der Waals surface area contributed by atoms with Crippen molar-refractivity contribution in [2.75, 3.05) is 24.7 Å². The van der Waals surface area contributed by atoms with Gasteiger partial charge in [-0.25, -0.2) is 0 Å². The summed E-state index contributed by atoms with van der Waals surface area (Å²) in [5.74, 6) is -0.436. The first-order chi connectivity index (χ1) is 17.0. The average Bonchev–Trinajstić information content (AvgIpc) is 3.42. The first-order valence-electron chi connectivity index (χ1n) is 10.8. The van der Waals surface area contributed by atoms with Gasteiger partial charge in [-0.2, -0.15) is 0 Å². The average molecular weight is 492 g/mol. The van der Waals surface area contributed by atoms with Gasteiger partial charge in [0.1, 0.15) is 36.3 Å². The molecule has 1 atom stereocenters. The Bertz CT molecular complexity index is 1360. The molecule has 1 amide bonds. The Morgan fingerprint density at radius 3 is 2.74 bits per heavy atom. The van der Waals surface area contributed by atoms with Crippen LogP contribution < -0.4 is 19.1 Å². The Morgan fingerprint density at radius 1 is 1.20 bits per heavy atom. The van der Waals surface area contributed by atoms with Gasteiger partial charge in [-0.05, 0) is 42.8 Å². The molecule has 35 heavy (non-hydrogen) atoms. The molecule has 0 unspecified atom stereocenters. The number of aliphatic hydroxyl groups excluding tert-OH is 1. The summed E-state index contributed by atoms with van der Waals surface area (Å²) in [6, 6.07) is 10.9. The summed E-state index contributed by atoms with van der Waals surface area (Å²) < 4.78 is 16.8. The van der Waals surface area contributed by atoms with E-state index >= 15 is 0 Å². The monoisotopic (exact) mass is 491 g/mol. The van der Waals surface area contributed by atoms with Crippen molar-refractivity contribution in [1.82, 2.24) is 10.2 Å². The number of ether oxygens (including phenoxy) is 3. The standard InChI is InChI=1S/C25H21N3O6S/c1-3-9-32-17-6-4-5-15(12-17)21-20(23(30)24(31)28(21)25-27-26-14(2)35-25)22(29)16-7-8-18-19(13-16)34-11-10-33-18/h3-8,12-13,21,29H,1,9-11H2,2H3/t21-/m1/s1. The normalized spacial score (nSPS) is 18.5. The smallest absolute Gasteiger partial charge is 0.301 e. The quantitative estimate of drug-likeness (QED) is 0.240. The van der Waals surface area contributed by atoms with Gasteiger partial charge in [0.2, 0.25) is 5.13 Å². The number of carbonyl (C=O) groups excluding carboxylic acids is 2. The highest BCUT2D eigenvalue weighted by molar-refractivity contribution is 7.15. The molecule has 1 N–H and O–H groups in total. The Morgan fingerprint density at radius 2 is 2.00 bits per heavy atom. The van der Waals surface area contributed by atoms with Gasteiger partial charge in [0, 0.05) is 5.56 Å². The topological polar surface area (TPSA) is 111 Å². The van der Waals surface area contributed by atoms with Crippen LogP contribution in [0.5, 0.6) is 17.2 Å². The number of amides is 1. The minimum Gasteiger partial charge on any atom is -0.507 e. The van der Waals surface area contributed by atoms with E-state index in [1.165, 1.54) is 16.2 Å². The molecule has 5 rings (SSSR count). The van der Waals surface area contributed by atoms with E-state index in [4.69, 9.17) is 14.2 Å². The maximum Gasteiger partial charge on any atom is 0.301 e. The number of anilines is 1. The van der Waals surface area contributed by atoms with E-state index < -0.39 is 17.7 Å². The van der Waals surface area contributed by atoms with Crippen molar-refractivity contribution in [2.45, 2.75) is 13.0 Å². The zero-order chi connectivity index (χ0) is 24.5. The largest absolute Gasteiger partial charge is 0.507 e. The van der Waals surface area contributed by atoms with Crippen LogP contribution >= 0.6 is 11.3 Å². The minimum atomic E-state index is -0.942. The van der Waals surface area contributed by atoms with Crippen molar-refractivity contribution in [1.29, 1.82) is 0 Å². The molecule has 9 nitrogen and oxygen atoms in total. The SMILES string of the molecule is C=CCOc1cccc([C@@H]2C(=C(O)c3ccc4c(c3)OCCO4)C(=O)C(=O)N2c2nnc(C)s2)c1. The lowest BCUT2D eigenvalue weighted by Gasteiger charge is -2.23. The highest BCUT2D eigenvalue weighted by atomic mass is 32.1. The molecule has 2 aliphatic rings. The second-order valence-electron chi connectivity index (χ2n) is 7.80. The van der Waals surface area contributed by atoms with Crippen molar-refractivity contribution in [2.24, 2.45) is 0 Å². The first-order valence-corrected chi connectivity index (χ1v) is 11.6. The number of Topliss-reactive ketones (excluding diaryl/α,β-unsaturated/α-hetero) is 1. The van der Waals surface area contributed by atoms with Crippen LogP contribution in [0.15, 0.2) is 60.7 Å². The van der Waals surface area contributed by atoms with E-state index in [0.29, 0.717) is 46.6 Å². The number of fused-ring (bicyclic) bond motifs is 1. The number of hydrogen-bond donors (Lipinski definition) is 1. The predicted octanol–water partition coefficient (Wildman–Crippen LogP) is 3.81. The minimum absolute atomic E-state index is 0.0691. The van der Waals surface area contributed by atoms with Crippen molar-refractivity contribution in [3.63, 3.8) is 0 Å². The van der Waals surface area contributed by atoms with Crippen LogP contribution in [-0.4, -0.2) is 46.8 Å². The molecule has 0 bridgehead atoms. The molecular weight excluding hydrogens is 470 g/mol. The third-order valence-electron chi connectivity index (χ3n) is 5.52. The lowest BCUT2D eigenvalue weighted by atomic mass is 9.95. The summed E-state index contributed by atoms with van der Waals surface area (Å²) in [7, 11) is 0. The van der Waals surface area contributed by atoms with E-state index in [1.54, 1.807) is 55.5 Å². The molecule has 0 spiro atoms. The summed E-state index contributed by atoms with van der Waals surface area (Å²) in [6.45, 7) is 6.49. The zero-order valence-electron chi connectivity index (χ0n) is 18.8. The van der Waals surface area contributed by atoms with Gasteiger partial charge in [-0.3, -0.25) is 14.5 Å². The molecule has 0 saturated carbocycles. The lowest BCUT2D eigenvalue weighted by molar-refractivity contribution is -0.132. The summed E-state index contributed by atoms with van der Waals surface area (Å²) in [5, 5.41) is 20.3. The third kappa shape index (κ3) is 4.12. The number of carbonyl (C=O) groups is 2. The second-order valence-corrected chi connectivity index (χ2v) is 8.96. The molecule has 1 aromatic heterocycles. The van der Waals surface area contributed by atoms with Crippen molar-refractivity contribution < 1.29 is 28.9 Å². The Hall–Kier alpha value is -4.18. The molecule has 3 aromatic rings. The highest BCUT2D eigenvalue weighted by Gasteiger charge is 2.48. The van der Waals surface area contributed by atoms with Crippen LogP contribution in [0.3, 0.4) is 0 Å².